The van der Waals surface area contributed by atoms with Crippen LogP contribution in [0.3, 0.4) is 0 Å². The highest BCUT2D eigenvalue weighted by Crippen LogP contribution is 2.17. The summed E-state index contributed by atoms with van der Waals surface area (Å²) in [4.78, 5) is 11.3. The Morgan fingerprint density at radius 1 is 1.47 bits per heavy atom. The first kappa shape index (κ1) is 13.3. The zero-order valence-electron chi connectivity index (χ0n) is 10.3. The number of hydrogen-bond donors (Lipinski definition) is 1. The fourth-order valence-corrected chi connectivity index (χ4v) is 1.31. The maximum atomic E-state index is 11.3. The summed E-state index contributed by atoms with van der Waals surface area (Å²) in [7, 11) is 0. The standard InChI is InChI=1S/C14H18O3/c1-3-4-9-17-14(16)8-6-12-5-7-13(15)11(2)10-12/h5-8,10,15H,3-4,9H2,1-2H3. The molecule has 0 fully saturated rings. The van der Waals surface area contributed by atoms with Crippen molar-refractivity contribution in [3.8, 4) is 5.75 Å². The minimum atomic E-state index is -0.329. The van der Waals surface area contributed by atoms with Crippen LogP contribution in [-0.2, 0) is 9.53 Å². The molecule has 0 unspecified atom stereocenters. The Morgan fingerprint density at radius 2 is 2.24 bits per heavy atom. The van der Waals surface area contributed by atoms with Gasteiger partial charge >= 0.3 is 5.97 Å². The van der Waals surface area contributed by atoms with Gasteiger partial charge in [-0.3, -0.25) is 0 Å². The minimum Gasteiger partial charge on any atom is -0.508 e. The van der Waals surface area contributed by atoms with E-state index in [9.17, 15) is 9.90 Å². The number of benzene rings is 1. The molecule has 1 aromatic carbocycles. The Morgan fingerprint density at radius 3 is 2.88 bits per heavy atom. The quantitative estimate of drug-likeness (QED) is 0.484. The molecular weight excluding hydrogens is 216 g/mol. The summed E-state index contributed by atoms with van der Waals surface area (Å²) >= 11 is 0. The number of unbranched alkanes of at least 4 members (excludes halogenated alkanes) is 1. The van der Waals surface area contributed by atoms with Crippen LogP contribution in [0, 0.1) is 6.92 Å². The van der Waals surface area contributed by atoms with Gasteiger partial charge in [0, 0.05) is 6.08 Å². The first-order valence-corrected chi connectivity index (χ1v) is 5.78. The number of hydrogen-bond acceptors (Lipinski definition) is 3. The molecule has 0 aliphatic heterocycles. The summed E-state index contributed by atoms with van der Waals surface area (Å²) in [5.74, 6) is -0.0724. The summed E-state index contributed by atoms with van der Waals surface area (Å²) < 4.78 is 4.98. The molecule has 0 saturated carbocycles. The van der Waals surface area contributed by atoms with Gasteiger partial charge < -0.3 is 9.84 Å². The van der Waals surface area contributed by atoms with Gasteiger partial charge in [0.05, 0.1) is 6.61 Å². The molecule has 0 aliphatic rings. The van der Waals surface area contributed by atoms with Crippen LogP contribution in [-0.4, -0.2) is 17.7 Å². The first-order valence-electron chi connectivity index (χ1n) is 5.78. The van der Waals surface area contributed by atoms with Crippen molar-refractivity contribution in [3.63, 3.8) is 0 Å². The van der Waals surface area contributed by atoms with E-state index in [4.69, 9.17) is 4.74 Å². The van der Waals surface area contributed by atoms with Crippen LogP contribution in [0.2, 0.25) is 0 Å². The molecule has 0 aromatic heterocycles. The van der Waals surface area contributed by atoms with Crippen LogP contribution in [0.4, 0.5) is 0 Å². The van der Waals surface area contributed by atoms with Crippen LogP contribution >= 0.6 is 0 Å². The second kappa shape index (κ2) is 6.74. The molecule has 92 valence electrons. The van der Waals surface area contributed by atoms with Gasteiger partial charge in [-0.15, -0.1) is 0 Å². The van der Waals surface area contributed by atoms with E-state index in [1.165, 1.54) is 6.08 Å². The Hall–Kier alpha value is -1.77. The van der Waals surface area contributed by atoms with Crippen molar-refractivity contribution in [2.45, 2.75) is 26.7 Å². The Labute approximate surface area is 102 Å². The van der Waals surface area contributed by atoms with E-state index in [-0.39, 0.29) is 11.7 Å². The molecule has 0 atom stereocenters. The van der Waals surface area contributed by atoms with Crippen LogP contribution in [0.5, 0.6) is 5.75 Å². The average molecular weight is 234 g/mol. The fourth-order valence-electron chi connectivity index (χ4n) is 1.31. The van der Waals surface area contributed by atoms with Crippen LogP contribution in [0.1, 0.15) is 30.9 Å². The predicted molar refractivity (Wildman–Crippen MR) is 67.7 cm³/mol. The van der Waals surface area contributed by atoms with Gasteiger partial charge in [0.2, 0.25) is 0 Å². The third-order valence-corrected chi connectivity index (χ3v) is 2.37. The highest BCUT2D eigenvalue weighted by Gasteiger charge is 1.98. The molecule has 17 heavy (non-hydrogen) atoms. The summed E-state index contributed by atoms with van der Waals surface area (Å²) in [5.41, 5.74) is 1.65. The van der Waals surface area contributed by atoms with Gasteiger partial charge in [0.25, 0.3) is 0 Å². The summed E-state index contributed by atoms with van der Waals surface area (Å²) in [6.45, 7) is 4.32. The zero-order valence-corrected chi connectivity index (χ0v) is 10.3. The highest BCUT2D eigenvalue weighted by atomic mass is 16.5. The summed E-state index contributed by atoms with van der Waals surface area (Å²) in [5, 5.41) is 9.35. The molecule has 0 amide bonds. The zero-order chi connectivity index (χ0) is 12.7. The smallest absolute Gasteiger partial charge is 0.330 e. The van der Waals surface area contributed by atoms with E-state index < -0.39 is 0 Å². The molecule has 0 heterocycles. The van der Waals surface area contributed by atoms with Crippen LogP contribution < -0.4 is 0 Å². The lowest BCUT2D eigenvalue weighted by Gasteiger charge is -2.01. The van der Waals surface area contributed by atoms with E-state index in [2.05, 4.69) is 0 Å². The SMILES string of the molecule is CCCCOC(=O)C=Cc1ccc(O)c(C)c1. The van der Waals surface area contributed by atoms with Crippen molar-refractivity contribution >= 4 is 12.0 Å². The van der Waals surface area contributed by atoms with Gasteiger partial charge in [-0.25, -0.2) is 4.79 Å². The predicted octanol–water partition coefficient (Wildman–Crippen LogP) is 3.06. The van der Waals surface area contributed by atoms with E-state index in [0.29, 0.717) is 6.61 Å². The lowest BCUT2D eigenvalue weighted by atomic mass is 10.1. The molecule has 0 bridgehead atoms. The molecule has 1 aromatic rings. The fraction of sp³-hybridized carbons (Fsp3) is 0.357. The lowest BCUT2D eigenvalue weighted by Crippen LogP contribution is -2.01. The number of carbonyl (C=O) groups excluding carboxylic acids is 1. The number of phenolic OH excluding ortho intramolecular Hbond substituents is 1. The van der Waals surface area contributed by atoms with E-state index >= 15 is 0 Å². The summed E-state index contributed by atoms with van der Waals surface area (Å²) in [6, 6.07) is 5.17. The normalized spacial score (nSPS) is 10.7. The Balaban J connectivity index is 2.52. The molecule has 0 aliphatic carbocycles. The Kier molecular flexibility index (Phi) is 5.27. The maximum absolute atomic E-state index is 11.3. The molecule has 0 radical (unpaired) electrons. The molecule has 1 N–H and O–H groups in total. The van der Waals surface area contributed by atoms with Crippen LogP contribution in [0.25, 0.3) is 6.08 Å². The molecule has 3 heteroatoms. The summed E-state index contributed by atoms with van der Waals surface area (Å²) in [6.07, 6.45) is 4.98. The van der Waals surface area contributed by atoms with E-state index in [1.807, 2.05) is 19.9 Å². The molecular formula is C14H18O3. The van der Waals surface area contributed by atoms with E-state index in [1.54, 1.807) is 18.2 Å². The second-order valence-corrected chi connectivity index (χ2v) is 3.90. The molecule has 1 rings (SSSR count). The Bertz CT molecular complexity index is 408. The van der Waals surface area contributed by atoms with Gasteiger partial charge in [-0.2, -0.15) is 0 Å². The minimum absolute atomic E-state index is 0.257. The molecule has 0 saturated heterocycles. The number of esters is 1. The van der Waals surface area contributed by atoms with Crippen molar-refractivity contribution < 1.29 is 14.6 Å². The number of ether oxygens (including phenoxy) is 1. The van der Waals surface area contributed by atoms with Crippen molar-refractivity contribution in [2.24, 2.45) is 0 Å². The number of phenols is 1. The van der Waals surface area contributed by atoms with Crippen molar-refractivity contribution in [1.82, 2.24) is 0 Å². The lowest BCUT2D eigenvalue weighted by molar-refractivity contribution is -0.137. The highest BCUT2D eigenvalue weighted by molar-refractivity contribution is 5.87. The second-order valence-electron chi connectivity index (χ2n) is 3.90. The van der Waals surface area contributed by atoms with Gasteiger partial charge in [0.1, 0.15) is 5.75 Å². The van der Waals surface area contributed by atoms with Gasteiger partial charge in [0.15, 0.2) is 0 Å². The number of carbonyl (C=O) groups is 1. The van der Waals surface area contributed by atoms with Crippen molar-refractivity contribution in [3.05, 3.63) is 35.4 Å². The van der Waals surface area contributed by atoms with Crippen molar-refractivity contribution in [1.29, 1.82) is 0 Å². The number of aromatic hydroxyl groups is 1. The largest absolute Gasteiger partial charge is 0.508 e. The number of aryl methyl sites for hydroxylation is 1. The first-order chi connectivity index (χ1) is 8.13. The average Bonchev–Trinajstić information content (AvgIpc) is 2.31. The van der Waals surface area contributed by atoms with Gasteiger partial charge in [-0.1, -0.05) is 19.4 Å². The maximum Gasteiger partial charge on any atom is 0.330 e. The van der Waals surface area contributed by atoms with Crippen LogP contribution in [0.15, 0.2) is 24.3 Å². The molecule has 0 spiro atoms. The van der Waals surface area contributed by atoms with E-state index in [0.717, 1.165) is 24.0 Å². The topological polar surface area (TPSA) is 46.5 Å². The van der Waals surface area contributed by atoms with Gasteiger partial charge in [-0.05, 0) is 42.7 Å². The third-order valence-electron chi connectivity index (χ3n) is 2.37. The monoisotopic (exact) mass is 234 g/mol. The third kappa shape index (κ3) is 4.72. The van der Waals surface area contributed by atoms with Crippen molar-refractivity contribution in [2.75, 3.05) is 6.61 Å². The molecule has 3 nitrogen and oxygen atoms in total. The number of rotatable bonds is 5.